The fourth-order valence-electron chi connectivity index (χ4n) is 5.00. The number of ether oxygens (including phenoxy) is 1. The van der Waals surface area contributed by atoms with Crippen LogP contribution in [0, 0.1) is 0 Å². The maximum Gasteiger partial charge on any atom is 0.305 e. The Morgan fingerprint density at radius 1 is 1.14 bits per heavy atom. The normalized spacial score (nSPS) is 15.6. The van der Waals surface area contributed by atoms with Crippen LogP contribution >= 0.6 is 0 Å². The second kappa shape index (κ2) is 11.6. The number of aryl methyl sites for hydroxylation is 2. The second-order valence-corrected chi connectivity index (χ2v) is 11.5. The lowest BCUT2D eigenvalue weighted by atomic mass is 10.0. The Balaban J connectivity index is 1.50. The Morgan fingerprint density at radius 3 is 2.72 bits per heavy atom. The van der Waals surface area contributed by atoms with Crippen LogP contribution < -0.4 is 4.72 Å². The standard InChI is InChI=1S/C27H36N4O4S/c1-30(2)36(33,34)29-15-17-31(16-14-22-19-28-25-7-5-4-6-23(22)25)26-12-10-21-18-20(8-11-24(21)26)9-13-27(32)35-3/h4-8,11,18-19,26,28-29H,9-10,12-17H2,1-3H3. The van der Waals surface area contributed by atoms with Crippen LogP contribution in [-0.4, -0.2) is 69.4 Å². The van der Waals surface area contributed by atoms with Crippen LogP contribution in [0.2, 0.25) is 0 Å². The summed E-state index contributed by atoms with van der Waals surface area (Å²) in [5.74, 6) is -0.197. The van der Waals surface area contributed by atoms with Crippen molar-refractivity contribution in [3.8, 4) is 0 Å². The number of carbonyl (C=O) groups excluding carboxylic acids is 1. The summed E-state index contributed by atoms with van der Waals surface area (Å²) >= 11 is 0. The van der Waals surface area contributed by atoms with Crippen molar-refractivity contribution >= 4 is 27.1 Å². The van der Waals surface area contributed by atoms with E-state index in [0.717, 1.165) is 36.9 Å². The molecule has 0 saturated carbocycles. The predicted octanol–water partition coefficient (Wildman–Crippen LogP) is 3.20. The van der Waals surface area contributed by atoms with Crippen molar-refractivity contribution in [2.45, 2.75) is 38.1 Å². The molecule has 0 spiro atoms. The van der Waals surface area contributed by atoms with Crippen LogP contribution in [0.5, 0.6) is 0 Å². The van der Waals surface area contributed by atoms with E-state index in [0.29, 0.717) is 25.9 Å². The summed E-state index contributed by atoms with van der Waals surface area (Å²) in [5.41, 5.74) is 6.15. The van der Waals surface area contributed by atoms with Gasteiger partial charge in [0.1, 0.15) is 0 Å². The molecule has 8 nitrogen and oxygen atoms in total. The highest BCUT2D eigenvalue weighted by molar-refractivity contribution is 7.87. The lowest BCUT2D eigenvalue weighted by Gasteiger charge is -2.30. The number of benzene rings is 2. The monoisotopic (exact) mass is 512 g/mol. The first-order valence-corrected chi connectivity index (χ1v) is 13.9. The molecule has 9 heteroatoms. The molecule has 0 aliphatic heterocycles. The van der Waals surface area contributed by atoms with Crippen LogP contribution in [0.15, 0.2) is 48.7 Å². The highest BCUT2D eigenvalue weighted by Gasteiger charge is 2.28. The average Bonchev–Trinajstić information content (AvgIpc) is 3.48. The molecule has 2 N–H and O–H groups in total. The molecule has 1 unspecified atom stereocenters. The van der Waals surface area contributed by atoms with E-state index in [1.165, 1.54) is 47.6 Å². The molecule has 1 heterocycles. The highest BCUT2D eigenvalue weighted by Crippen LogP contribution is 2.36. The van der Waals surface area contributed by atoms with Gasteiger partial charge in [-0.2, -0.15) is 12.7 Å². The molecule has 1 aromatic heterocycles. The molecule has 3 aromatic rings. The molecule has 4 rings (SSSR count). The van der Waals surface area contributed by atoms with Gasteiger partial charge in [0.05, 0.1) is 7.11 Å². The second-order valence-electron chi connectivity index (χ2n) is 9.49. The van der Waals surface area contributed by atoms with E-state index in [4.69, 9.17) is 4.74 Å². The molecular weight excluding hydrogens is 476 g/mol. The van der Waals surface area contributed by atoms with Gasteiger partial charge in [0.25, 0.3) is 10.2 Å². The Bertz CT molecular complexity index is 1300. The van der Waals surface area contributed by atoms with Crippen LogP contribution in [0.4, 0.5) is 0 Å². The number of esters is 1. The zero-order valence-corrected chi connectivity index (χ0v) is 22.1. The number of fused-ring (bicyclic) bond motifs is 2. The summed E-state index contributed by atoms with van der Waals surface area (Å²) in [5, 5.41) is 1.23. The van der Waals surface area contributed by atoms with Gasteiger partial charge in [0.2, 0.25) is 0 Å². The fourth-order valence-corrected chi connectivity index (χ4v) is 5.61. The van der Waals surface area contributed by atoms with Gasteiger partial charge >= 0.3 is 5.97 Å². The van der Waals surface area contributed by atoms with Gasteiger partial charge in [-0.3, -0.25) is 9.69 Å². The number of para-hydroxylation sites is 1. The molecule has 0 radical (unpaired) electrons. The number of rotatable bonds is 12. The third kappa shape index (κ3) is 6.15. The van der Waals surface area contributed by atoms with Crippen LogP contribution in [0.1, 0.15) is 41.1 Å². The quantitative estimate of drug-likeness (QED) is 0.364. The number of aromatic nitrogens is 1. The van der Waals surface area contributed by atoms with Crippen molar-refractivity contribution in [3.05, 3.63) is 70.9 Å². The zero-order valence-electron chi connectivity index (χ0n) is 21.3. The smallest absolute Gasteiger partial charge is 0.305 e. The molecule has 1 aliphatic carbocycles. The number of aromatic amines is 1. The Kier molecular flexibility index (Phi) is 8.46. The van der Waals surface area contributed by atoms with Crippen molar-refractivity contribution in [2.75, 3.05) is 40.8 Å². The topological polar surface area (TPSA) is 94.7 Å². The summed E-state index contributed by atoms with van der Waals surface area (Å²) in [6, 6.07) is 15.0. The van der Waals surface area contributed by atoms with Crippen molar-refractivity contribution in [2.24, 2.45) is 0 Å². The third-order valence-corrected chi connectivity index (χ3v) is 8.58. The Labute approximate surface area is 213 Å². The van der Waals surface area contributed by atoms with Gasteiger partial charge in [-0.05, 0) is 54.0 Å². The van der Waals surface area contributed by atoms with Crippen LogP contribution in [0.25, 0.3) is 10.9 Å². The van der Waals surface area contributed by atoms with Crippen LogP contribution in [-0.2, 0) is 39.0 Å². The van der Waals surface area contributed by atoms with Crippen LogP contribution in [0.3, 0.4) is 0 Å². The summed E-state index contributed by atoms with van der Waals surface area (Å²) in [7, 11) is 1.00. The fraction of sp³-hybridized carbons (Fsp3) is 0.444. The predicted molar refractivity (Wildman–Crippen MR) is 142 cm³/mol. The number of H-pyrrole nitrogens is 1. The van der Waals surface area contributed by atoms with E-state index in [9.17, 15) is 13.2 Å². The third-order valence-electron chi connectivity index (χ3n) is 7.05. The van der Waals surface area contributed by atoms with E-state index in [1.54, 1.807) is 0 Å². The molecule has 194 valence electrons. The Hall–Kier alpha value is -2.72. The first-order chi connectivity index (χ1) is 17.3. The molecular formula is C27H36N4O4S. The minimum absolute atomic E-state index is 0.197. The minimum Gasteiger partial charge on any atom is -0.469 e. The zero-order chi connectivity index (χ0) is 25.7. The summed E-state index contributed by atoms with van der Waals surface area (Å²) < 4.78 is 33.2. The largest absolute Gasteiger partial charge is 0.469 e. The number of methoxy groups -OCH3 is 1. The number of nitrogens with one attached hydrogen (secondary N) is 2. The van der Waals surface area contributed by atoms with Gasteiger partial charge in [-0.1, -0.05) is 36.4 Å². The van der Waals surface area contributed by atoms with Crippen molar-refractivity contribution < 1.29 is 17.9 Å². The minimum atomic E-state index is -3.47. The molecule has 0 bridgehead atoms. The SMILES string of the molecule is COC(=O)CCc1ccc2c(c1)CCC2N(CCNS(=O)(=O)N(C)C)CCc1c[nH]c2ccccc12. The lowest BCUT2D eigenvalue weighted by molar-refractivity contribution is -0.140. The molecule has 36 heavy (non-hydrogen) atoms. The average molecular weight is 513 g/mol. The van der Waals surface area contributed by atoms with E-state index in [-0.39, 0.29) is 12.0 Å². The van der Waals surface area contributed by atoms with Crippen molar-refractivity contribution in [1.82, 2.24) is 18.9 Å². The van der Waals surface area contributed by atoms with Gasteiger partial charge in [0, 0.05) is 63.3 Å². The lowest BCUT2D eigenvalue weighted by Crippen LogP contribution is -2.41. The molecule has 0 fully saturated rings. The molecule has 0 amide bonds. The molecule has 2 aromatic carbocycles. The molecule has 1 aliphatic rings. The maximum atomic E-state index is 12.3. The summed E-state index contributed by atoms with van der Waals surface area (Å²) in [4.78, 5) is 17.3. The van der Waals surface area contributed by atoms with Crippen molar-refractivity contribution in [1.29, 1.82) is 0 Å². The van der Waals surface area contributed by atoms with E-state index in [1.807, 2.05) is 6.07 Å². The molecule has 1 atom stereocenters. The van der Waals surface area contributed by atoms with Gasteiger partial charge < -0.3 is 9.72 Å². The van der Waals surface area contributed by atoms with Gasteiger partial charge in [0.15, 0.2) is 0 Å². The summed E-state index contributed by atoms with van der Waals surface area (Å²) in [6.07, 6.45) is 5.95. The number of nitrogens with zero attached hydrogens (tertiary/aromatic N) is 2. The first-order valence-electron chi connectivity index (χ1n) is 12.4. The number of carbonyl (C=O) groups is 1. The van der Waals surface area contributed by atoms with E-state index >= 15 is 0 Å². The van der Waals surface area contributed by atoms with E-state index in [2.05, 4.69) is 57.2 Å². The number of hydrogen-bond donors (Lipinski definition) is 2. The van der Waals surface area contributed by atoms with E-state index < -0.39 is 10.2 Å². The highest BCUT2D eigenvalue weighted by atomic mass is 32.2. The number of hydrogen-bond acceptors (Lipinski definition) is 5. The maximum absolute atomic E-state index is 12.3. The van der Waals surface area contributed by atoms with Gasteiger partial charge in [-0.15, -0.1) is 0 Å². The molecule has 0 saturated heterocycles. The van der Waals surface area contributed by atoms with Gasteiger partial charge in [-0.25, -0.2) is 4.72 Å². The Morgan fingerprint density at radius 2 is 1.94 bits per heavy atom. The first kappa shape index (κ1) is 26.3. The summed E-state index contributed by atoms with van der Waals surface area (Å²) in [6.45, 7) is 1.78. The van der Waals surface area contributed by atoms with Crippen molar-refractivity contribution in [3.63, 3.8) is 0 Å².